The Hall–Kier alpha value is -3.67. The summed E-state index contributed by atoms with van der Waals surface area (Å²) in [5.41, 5.74) is 0.651. The molecule has 150 valence electrons. The molecule has 6 heteroatoms. The molecule has 0 saturated carbocycles. The molecule has 0 heterocycles. The van der Waals surface area contributed by atoms with Crippen LogP contribution in [0.5, 0.6) is 28.7 Å². The van der Waals surface area contributed by atoms with Crippen molar-refractivity contribution in [3.05, 3.63) is 72.8 Å². The first-order valence-electron chi connectivity index (χ1n) is 9.24. The molecule has 0 radical (unpaired) electrons. The van der Waals surface area contributed by atoms with Crippen molar-refractivity contribution < 1.29 is 23.7 Å². The van der Waals surface area contributed by atoms with Crippen molar-refractivity contribution in [2.24, 2.45) is 0 Å². The Morgan fingerprint density at radius 3 is 2.00 bits per heavy atom. The highest BCUT2D eigenvalue weighted by atomic mass is 16.5. The van der Waals surface area contributed by atoms with Crippen LogP contribution in [0.25, 0.3) is 0 Å². The second-order valence-corrected chi connectivity index (χ2v) is 6.02. The lowest BCUT2D eigenvalue weighted by Crippen LogP contribution is -2.20. The Labute approximate surface area is 170 Å². The molecule has 1 N–H and O–H groups in total. The Morgan fingerprint density at radius 1 is 0.793 bits per heavy atom. The molecule has 1 amide bonds. The van der Waals surface area contributed by atoms with E-state index in [1.165, 1.54) is 0 Å². The minimum atomic E-state index is -0.268. The van der Waals surface area contributed by atoms with Crippen LogP contribution in [0, 0.1) is 0 Å². The average molecular weight is 393 g/mol. The fourth-order valence-corrected chi connectivity index (χ4v) is 2.59. The highest BCUT2D eigenvalue weighted by Crippen LogP contribution is 2.26. The van der Waals surface area contributed by atoms with E-state index in [1.807, 2.05) is 43.3 Å². The molecule has 0 aliphatic carbocycles. The van der Waals surface area contributed by atoms with Gasteiger partial charge in [0.2, 0.25) is 0 Å². The first-order valence-corrected chi connectivity index (χ1v) is 9.24. The van der Waals surface area contributed by atoms with Crippen molar-refractivity contribution in [1.29, 1.82) is 0 Å². The first kappa shape index (κ1) is 20.1. The van der Waals surface area contributed by atoms with Crippen molar-refractivity contribution in [1.82, 2.24) is 0 Å². The van der Waals surface area contributed by atoms with Crippen molar-refractivity contribution >= 4 is 11.6 Å². The third-order valence-corrected chi connectivity index (χ3v) is 3.94. The molecule has 0 aliphatic rings. The molecule has 0 atom stereocenters. The minimum Gasteiger partial charge on any atom is -0.494 e. The van der Waals surface area contributed by atoms with Crippen molar-refractivity contribution in [3.8, 4) is 28.7 Å². The molecule has 3 rings (SSSR count). The number of rotatable bonds is 9. The van der Waals surface area contributed by atoms with Crippen LogP contribution >= 0.6 is 0 Å². The molecule has 0 saturated heterocycles. The van der Waals surface area contributed by atoms with Gasteiger partial charge in [-0.1, -0.05) is 12.1 Å². The zero-order valence-corrected chi connectivity index (χ0v) is 16.4. The van der Waals surface area contributed by atoms with Crippen molar-refractivity contribution in [2.75, 3.05) is 25.6 Å². The number of amides is 1. The molecule has 3 aromatic rings. The van der Waals surface area contributed by atoms with Gasteiger partial charge in [0.25, 0.3) is 5.91 Å². The van der Waals surface area contributed by atoms with Crippen molar-refractivity contribution in [3.63, 3.8) is 0 Å². The van der Waals surface area contributed by atoms with E-state index in [0.29, 0.717) is 35.3 Å². The summed E-state index contributed by atoms with van der Waals surface area (Å²) in [6, 6.07) is 21.7. The summed E-state index contributed by atoms with van der Waals surface area (Å²) in [4.78, 5) is 12.1. The Kier molecular flexibility index (Phi) is 6.95. The Bertz CT molecular complexity index is 923. The van der Waals surface area contributed by atoms with E-state index in [1.54, 1.807) is 43.5 Å². The second-order valence-electron chi connectivity index (χ2n) is 6.02. The molecule has 29 heavy (non-hydrogen) atoms. The maximum atomic E-state index is 12.1. The molecule has 0 spiro atoms. The van der Waals surface area contributed by atoms with Gasteiger partial charge in [0.1, 0.15) is 17.2 Å². The number of hydrogen-bond acceptors (Lipinski definition) is 5. The van der Waals surface area contributed by atoms with Gasteiger partial charge in [0.15, 0.2) is 18.1 Å². The average Bonchev–Trinajstić information content (AvgIpc) is 2.75. The highest BCUT2D eigenvalue weighted by molar-refractivity contribution is 5.91. The van der Waals surface area contributed by atoms with E-state index in [0.717, 1.165) is 5.75 Å². The van der Waals surface area contributed by atoms with Gasteiger partial charge in [0, 0.05) is 5.69 Å². The van der Waals surface area contributed by atoms with Crippen LogP contribution in [0.1, 0.15) is 6.92 Å². The Morgan fingerprint density at radius 2 is 1.38 bits per heavy atom. The zero-order valence-electron chi connectivity index (χ0n) is 16.4. The van der Waals surface area contributed by atoms with Gasteiger partial charge in [-0.3, -0.25) is 4.79 Å². The summed E-state index contributed by atoms with van der Waals surface area (Å²) in [5.74, 6) is 3.00. The van der Waals surface area contributed by atoms with Crippen LogP contribution < -0.4 is 24.3 Å². The minimum absolute atomic E-state index is 0.120. The fourth-order valence-electron chi connectivity index (χ4n) is 2.59. The van der Waals surface area contributed by atoms with E-state index < -0.39 is 0 Å². The molecule has 6 nitrogen and oxygen atoms in total. The maximum absolute atomic E-state index is 12.1. The van der Waals surface area contributed by atoms with Crippen LogP contribution in [-0.2, 0) is 4.79 Å². The van der Waals surface area contributed by atoms with E-state index >= 15 is 0 Å². The number of para-hydroxylation sites is 2. The SMILES string of the molecule is CCOc1ccc(Oc2ccc(NC(=O)COc3ccccc3OC)cc2)cc1. The predicted molar refractivity (Wildman–Crippen MR) is 111 cm³/mol. The van der Waals surface area contributed by atoms with E-state index in [2.05, 4.69) is 5.32 Å². The topological polar surface area (TPSA) is 66.0 Å². The number of benzene rings is 3. The molecular weight excluding hydrogens is 370 g/mol. The van der Waals surface area contributed by atoms with Gasteiger partial charge < -0.3 is 24.3 Å². The first-order chi connectivity index (χ1) is 14.2. The molecule has 0 unspecified atom stereocenters. The summed E-state index contributed by atoms with van der Waals surface area (Å²) in [6.07, 6.45) is 0. The van der Waals surface area contributed by atoms with E-state index in [9.17, 15) is 4.79 Å². The molecule has 0 bridgehead atoms. The number of carbonyl (C=O) groups excluding carboxylic acids is 1. The normalized spacial score (nSPS) is 10.1. The van der Waals surface area contributed by atoms with E-state index in [-0.39, 0.29) is 12.5 Å². The zero-order chi connectivity index (χ0) is 20.5. The lowest BCUT2D eigenvalue weighted by atomic mass is 10.3. The molecule has 0 aliphatic heterocycles. The van der Waals surface area contributed by atoms with Gasteiger partial charge >= 0.3 is 0 Å². The number of ether oxygens (including phenoxy) is 4. The molecular formula is C23H23NO5. The highest BCUT2D eigenvalue weighted by Gasteiger charge is 2.07. The molecule has 0 fully saturated rings. The summed E-state index contributed by atoms with van der Waals surface area (Å²) < 4.78 is 21.9. The quantitative estimate of drug-likeness (QED) is 0.560. The summed E-state index contributed by atoms with van der Waals surface area (Å²) >= 11 is 0. The standard InChI is InChI=1S/C23H23NO5/c1-3-27-18-12-14-20(15-13-18)29-19-10-8-17(9-11-19)24-23(25)16-28-22-7-5-4-6-21(22)26-2/h4-15H,3,16H2,1-2H3,(H,24,25). The number of anilines is 1. The fraction of sp³-hybridized carbons (Fsp3) is 0.174. The van der Waals surface area contributed by atoms with Crippen LogP contribution in [0.3, 0.4) is 0 Å². The third kappa shape index (κ3) is 5.90. The lowest BCUT2D eigenvalue weighted by Gasteiger charge is -2.11. The predicted octanol–water partition coefficient (Wildman–Crippen LogP) is 4.90. The number of methoxy groups -OCH3 is 1. The monoisotopic (exact) mass is 393 g/mol. The molecule has 0 aromatic heterocycles. The van der Waals surface area contributed by atoms with Crippen molar-refractivity contribution in [2.45, 2.75) is 6.92 Å². The van der Waals surface area contributed by atoms with Gasteiger partial charge in [-0.2, -0.15) is 0 Å². The molecule has 3 aromatic carbocycles. The second kappa shape index (κ2) is 10.0. The van der Waals surface area contributed by atoms with Gasteiger partial charge in [-0.25, -0.2) is 0 Å². The number of hydrogen-bond donors (Lipinski definition) is 1. The summed E-state index contributed by atoms with van der Waals surface area (Å²) in [6.45, 7) is 2.44. The summed E-state index contributed by atoms with van der Waals surface area (Å²) in [5, 5.41) is 2.79. The number of nitrogens with one attached hydrogen (secondary N) is 1. The van der Waals surface area contributed by atoms with Crippen LogP contribution in [0.2, 0.25) is 0 Å². The maximum Gasteiger partial charge on any atom is 0.262 e. The van der Waals surface area contributed by atoms with Gasteiger partial charge in [0.05, 0.1) is 13.7 Å². The van der Waals surface area contributed by atoms with Gasteiger partial charge in [-0.15, -0.1) is 0 Å². The van der Waals surface area contributed by atoms with Crippen LogP contribution in [-0.4, -0.2) is 26.2 Å². The third-order valence-electron chi connectivity index (χ3n) is 3.94. The lowest BCUT2D eigenvalue weighted by molar-refractivity contribution is -0.118. The smallest absolute Gasteiger partial charge is 0.262 e. The van der Waals surface area contributed by atoms with Crippen LogP contribution in [0.4, 0.5) is 5.69 Å². The number of carbonyl (C=O) groups is 1. The summed E-state index contributed by atoms with van der Waals surface area (Å²) in [7, 11) is 1.55. The largest absolute Gasteiger partial charge is 0.494 e. The Balaban J connectivity index is 1.51. The van der Waals surface area contributed by atoms with Gasteiger partial charge in [-0.05, 0) is 67.6 Å². The van der Waals surface area contributed by atoms with E-state index in [4.69, 9.17) is 18.9 Å². The van der Waals surface area contributed by atoms with Crippen LogP contribution in [0.15, 0.2) is 72.8 Å².